The predicted octanol–water partition coefficient (Wildman–Crippen LogP) is 3.75. The average molecular weight is 391 g/mol. The van der Waals surface area contributed by atoms with E-state index >= 15 is 0 Å². The number of hydrogen-bond donors (Lipinski definition) is 1. The number of anilines is 2. The second-order valence-corrected chi connectivity index (χ2v) is 9.17. The molecule has 0 aromatic heterocycles. The van der Waals surface area contributed by atoms with Crippen molar-refractivity contribution in [3.8, 4) is 0 Å². The number of para-hydroxylation sites is 1. The minimum atomic E-state index is -3.68. The molecule has 0 radical (unpaired) electrons. The topological polar surface area (TPSA) is 66.5 Å². The molecule has 0 saturated carbocycles. The minimum absolute atomic E-state index is 0.138. The van der Waals surface area contributed by atoms with Gasteiger partial charge in [-0.05, 0) is 42.5 Å². The Hall–Kier alpha value is -1.99. The molecule has 3 rings (SSSR count). The van der Waals surface area contributed by atoms with Gasteiger partial charge in [0.2, 0.25) is 5.91 Å². The Labute approximate surface area is 158 Å². The third-order valence-corrected chi connectivity index (χ3v) is 6.99. The van der Waals surface area contributed by atoms with Crippen molar-refractivity contribution in [2.45, 2.75) is 30.1 Å². The second-order valence-electron chi connectivity index (χ2n) is 6.46. The van der Waals surface area contributed by atoms with Crippen LogP contribution in [0.1, 0.15) is 19.4 Å². The van der Waals surface area contributed by atoms with Gasteiger partial charge in [-0.25, -0.2) is 8.42 Å². The summed E-state index contributed by atoms with van der Waals surface area (Å²) < 4.78 is 27.8. The van der Waals surface area contributed by atoms with Crippen LogP contribution in [-0.2, 0) is 21.2 Å². The first-order valence-electron chi connectivity index (χ1n) is 8.44. The summed E-state index contributed by atoms with van der Waals surface area (Å²) in [5.41, 5.74) is 2.30. The number of rotatable bonds is 5. The molecule has 0 fully saturated rings. The highest BCUT2D eigenvalue weighted by atomic mass is 32.2. The lowest BCUT2D eigenvalue weighted by molar-refractivity contribution is -0.118. The number of sulfonamides is 1. The number of benzene rings is 2. The number of nitrogens with one attached hydrogen (secondary N) is 1. The molecule has 7 heteroatoms. The van der Waals surface area contributed by atoms with Crippen LogP contribution in [0.25, 0.3) is 0 Å². The SMILES string of the molecule is CSc1ccc(S(=O)(=O)N2CCc3ccccc32)cc1NC(=O)C(C)C. The summed E-state index contributed by atoms with van der Waals surface area (Å²) in [6, 6.07) is 12.5. The van der Waals surface area contributed by atoms with Crippen LogP contribution in [-0.4, -0.2) is 27.1 Å². The van der Waals surface area contributed by atoms with E-state index in [0.717, 1.165) is 16.1 Å². The molecule has 2 aromatic rings. The summed E-state index contributed by atoms with van der Waals surface area (Å²) in [7, 11) is -3.68. The van der Waals surface area contributed by atoms with Crippen LogP contribution in [0.15, 0.2) is 52.3 Å². The standard InChI is InChI=1S/C19H22N2O3S2/c1-13(2)19(22)20-16-12-15(8-9-18(16)25-3)26(23,24)21-11-10-14-6-4-5-7-17(14)21/h4-9,12-13H,10-11H2,1-3H3,(H,20,22). The lowest BCUT2D eigenvalue weighted by Gasteiger charge is -2.21. The molecule has 0 unspecified atom stereocenters. The molecule has 1 aliphatic heterocycles. The molecule has 1 amide bonds. The van der Waals surface area contributed by atoms with Gasteiger partial charge in [0.25, 0.3) is 10.0 Å². The fourth-order valence-electron chi connectivity index (χ4n) is 2.91. The fourth-order valence-corrected chi connectivity index (χ4v) is 4.97. The van der Waals surface area contributed by atoms with Crippen LogP contribution >= 0.6 is 11.8 Å². The second kappa shape index (κ2) is 7.32. The molecule has 0 bridgehead atoms. The molecule has 0 saturated heterocycles. The summed E-state index contributed by atoms with van der Waals surface area (Å²) in [5.74, 6) is -0.322. The van der Waals surface area contributed by atoms with E-state index in [1.165, 1.54) is 16.1 Å². The van der Waals surface area contributed by atoms with Gasteiger partial charge in [0.1, 0.15) is 0 Å². The molecule has 0 spiro atoms. The number of carbonyl (C=O) groups excluding carboxylic acids is 1. The first kappa shape index (κ1) is 18.8. The summed E-state index contributed by atoms with van der Waals surface area (Å²) in [6.45, 7) is 4.03. The molecule has 1 N–H and O–H groups in total. The minimum Gasteiger partial charge on any atom is -0.325 e. The van der Waals surface area contributed by atoms with Gasteiger partial charge >= 0.3 is 0 Å². The molecule has 26 heavy (non-hydrogen) atoms. The van der Waals surface area contributed by atoms with Crippen molar-refractivity contribution in [3.63, 3.8) is 0 Å². The molecular weight excluding hydrogens is 368 g/mol. The normalized spacial score (nSPS) is 13.8. The molecule has 1 aliphatic rings. The number of amides is 1. The van der Waals surface area contributed by atoms with Crippen LogP contribution in [0.3, 0.4) is 0 Å². The van der Waals surface area contributed by atoms with E-state index in [1.807, 2.05) is 30.5 Å². The number of carbonyl (C=O) groups is 1. The number of nitrogens with zero attached hydrogens (tertiary/aromatic N) is 1. The van der Waals surface area contributed by atoms with E-state index < -0.39 is 10.0 Å². The van der Waals surface area contributed by atoms with Gasteiger partial charge in [-0.15, -0.1) is 11.8 Å². The van der Waals surface area contributed by atoms with Crippen molar-refractivity contribution >= 4 is 39.1 Å². The zero-order chi connectivity index (χ0) is 18.9. The highest BCUT2D eigenvalue weighted by molar-refractivity contribution is 7.98. The van der Waals surface area contributed by atoms with E-state index in [2.05, 4.69) is 5.32 Å². The van der Waals surface area contributed by atoms with Gasteiger partial charge in [-0.2, -0.15) is 0 Å². The summed E-state index contributed by atoms with van der Waals surface area (Å²) in [4.78, 5) is 13.1. The Morgan fingerprint density at radius 3 is 2.62 bits per heavy atom. The van der Waals surface area contributed by atoms with E-state index in [4.69, 9.17) is 0 Å². The van der Waals surface area contributed by atoms with Gasteiger partial charge in [-0.3, -0.25) is 9.10 Å². The van der Waals surface area contributed by atoms with Crippen molar-refractivity contribution in [2.75, 3.05) is 22.4 Å². The Kier molecular flexibility index (Phi) is 5.29. The molecule has 1 heterocycles. The van der Waals surface area contributed by atoms with Crippen LogP contribution in [0, 0.1) is 5.92 Å². The van der Waals surface area contributed by atoms with Gasteiger partial charge in [0.15, 0.2) is 0 Å². The molecule has 0 atom stereocenters. The maximum absolute atomic E-state index is 13.2. The van der Waals surface area contributed by atoms with Gasteiger partial charge < -0.3 is 5.32 Å². The van der Waals surface area contributed by atoms with Gasteiger partial charge in [0.05, 0.1) is 16.3 Å². The molecule has 0 aliphatic carbocycles. The third-order valence-electron chi connectivity index (χ3n) is 4.39. The Balaban J connectivity index is 2.00. The van der Waals surface area contributed by atoms with Crippen molar-refractivity contribution < 1.29 is 13.2 Å². The predicted molar refractivity (Wildman–Crippen MR) is 106 cm³/mol. The molecular formula is C19H22N2O3S2. The molecule has 138 valence electrons. The van der Waals surface area contributed by atoms with E-state index in [0.29, 0.717) is 18.7 Å². The Bertz CT molecular complexity index is 940. The molecule has 2 aromatic carbocycles. The van der Waals surface area contributed by atoms with Crippen LogP contribution < -0.4 is 9.62 Å². The largest absolute Gasteiger partial charge is 0.325 e. The van der Waals surface area contributed by atoms with E-state index in [1.54, 1.807) is 32.0 Å². The summed E-state index contributed by atoms with van der Waals surface area (Å²) >= 11 is 1.47. The summed E-state index contributed by atoms with van der Waals surface area (Å²) in [5, 5.41) is 2.84. The average Bonchev–Trinajstić information content (AvgIpc) is 3.06. The monoisotopic (exact) mass is 390 g/mol. The van der Waals surface area contributed by atoms with Crippen molar-refractivity contribution in [2.24, 2.45) is 5.92 Å². The number of thioether (sulfide) groups is 1. The van der Waals surface area contributed by atoms with Gasteiger partial charge in [0, 0.05) is 17.4 Å². The summed E-state index contributed by atoms with van der Waals surface area (Å²) in [6.07, 6.45) is 2.60. The zero-order valence-electron chi connectivity index (χ0n) is 15.0. The smallest absolute Gasteiger partial charge is 0.264 e. The lowest BCUT2D eigenvalue weighted by atomic mass is 10.2. The van der Waals surface area contributed by atoms with Crippen LogP contribution in [0.4, 0.5) is 11.4 Å². The van der Waals surface area contributed by atoms with E-state index in [9.17, 15) is 13.2 Å². The lowest BCUT2D eigenvalue weighted by Crippen LogP contribution is -2.29. The first-order chi connectivity index (χ1) is 12.3. The Morgan fingerprint density at radius 2 is 1.92 bits per heavy atom. The maximum Gasteiger partial charge on any atom is 0.264 e. The number of hydrogen-bond acceptors (Lipinski definition) is 4. The quantitative estimate of drug-likeness (QED) is 0.790. The van der Waals surface area contributed by atoms with Crippen LogP contribution in [0.2, 0.25) is 0 Å². The zero-order valence-corrected chi connectivity index (χ0v) is 16.7. The maximum atomic E-state index is 13.2. The highest BCUT2D eigenvalue weighted by Crippen LogP contribution is 2.35. The fraction of sp³-hybridized carbons (Fsp3) is 0.316. The number of fused-ring (bicyclic) bond motifs is 1. The third kappa shape index (κ3) is 3.46. The Morgan fingerprint density at radius 1 is 1.19 bits per heavy atom. The van der Waals surface area contributed by atoms with Crippen molar-refractivity contribution in [1.82, 2.24) is 0 Å². The van der Waals surface area contributed by atoms with Gasteiger partial charge in [-0.1, -0.05) is 32.0 Å². The van der Waals surface area contributed by atoms with Crippen molar-refractivity contribution in [3.05, 3.63) is 48.0 Å². The first-order valence-corrected chi connectivity index (χ1v) is 11.1. The van der Waals surface area contributed by atoms with Crippen LogP contribution in [0.5, 0.6) is 0 Å². The highest BCUT2D eigenvalue weighted by Gasteiger charge is 2.31. The van der Waals surface area contributed by atoms with E-state index in [-0.39, 0.29) is 16.7 Å². The molecule has 5 nitrogen and oxygen atoms in total. The van der Waals surface area contributed by atoms with Crippen molar-refractivity contribution in [1.29, 1.82) is 0 Å².